The molecule has 2 aromatic rings. The number of hydrogen-bond donors (Lipinski definition) is 2. The number of rotatable bonds is 4. The molecule has 90 valence electrons. The summed E-state index contributed by atoms with van der Waals surface area (Å²) in [6, 6.07) is 3.37. The molecular formula is C11H12N2O3S. The van der Waals surface area contributed by atoms with E-state index in [9.17, 15) is 9.90 Å². The van der Waals surface area contributed by atoms with Crippen molar-refractivity contribution in [1.29, 1.82) is 0 Å². The lowest BCUT2D eigenvalue weighted by Crippen LogP contribution is -2.28. The second-order valence-corrected chi connectivity index (χ2v) is 4.39. The Hall–Kier alpha value is -1.66. The maximum atomic E-state index is 11.6. The van der Waals surface area contributed by atoms with E-state index in [-0.39, 0.29) is 18.1 Å². The third kappa shape index (κ3) is 2.92. The van der Waals surface area contributed by atoms with Crippen LogP contribution in [0.25, 0.3) is 0 Å². The van der Waals surface area contributed by atoms with E-state index in [4.69, 9.17) is 4.52 Å². The van der Waals surface area contributed by atoms with E-state index in [0.717, 1.165) is 5.56 Å². The fourth-order valence-corrected chi connectivity index (χ4v) is 2.04. The molecule has 1 atom stereocenters. The van der Waals surface area contributed by atoms with Gasteiger partial charge in [-0.2, -0.15) is 11.3 Å². The Morgan fingerprint density at radius 2 is 2.53 bits per heavy atom. The predicted molar refractivity (Wildman–Crippen MR) is 62.9 cm³/mol. The Morgan fingerprint density at radius 1 is 1.71 bits per heavy atom. The first-order chi connectivity index (χ1) is 8.16. The van der Waals surface area contributed by atoms with E-state index in [2.05, 4.69) is 10.5 Å². The number of hydrogen-bond acceptors (Lipinski definition) is 5. The Labute approximate surface area is 102 Å². The van der Waals surface area contributed by atoms with Gasteiger partial charge in [0.2, 0.25) is 0 Å². The lowest BCUT2D eigenvalue weighted by Gasteiger charge is -2.09. The summed E-state index contributed by atoms with van der Waals surface area (Å²) >= 11 is 1.50. The Kier molecular flexibility index (Phi) is 3.55. The highest BCUT2D eigenvalue weighted by atomic mass is 32.1. The van der Waals surface area contributed by atoms with Gasteiger partial charge in [0.25, 0.3) is 5.91 Å². The summed E-state index contributed by atoms with van der Waals surface area (Å²) in [7, 11) is 0. The zero-order valence-corrected chi connectivity index (χ0v) is 10.0. The van der Waals surface area contributed by atoms with Crippen LogP contribution in [0.1, 0.15) is 27.9 Å². The van der Waals surface area contributed by atoms with Crippen molar-refractivity contribution in [2.45, 2.75) is 13.0 Å². The van der Waals surface area contributed by atoms with Crippen molar-refractivity contribution >= 4 is 17.2 Å². The molecular weight excluding hydrogens is 240 g/mol. The van der Waals surface area contributed by atoms with Crippen molar-refractivity contribution in [3.05, 3.63) is 39.9 Å². The van der Waals surface area contributed by atoms with Crippen LogP contribution in [0.15, 0.2) is 27.4 Å². The summed E-state index contributed by atoms with van der Waals surface area (Å²) in [5.41, 5.74) is 1.02. The van der Waals surface area contributed by atoms with Gasteiger partial charge in [0, 0.05) is 12.6 Å². The van der Waals surface area contributed by atoms with Gasteiger partial charge >= 0.3 is 0 Å². The van der Waals surface area contributed by atoms with E-state index >= 15 is 0 Å². The summed E-state index contributed by atoms with van der Waals surface area (Å²) in [5.74, 6) is 0.227. The fourth-order valence-electron chi connectivity index (χ4n) is 1.34. The minimum absolute atomic E-state index is 0.154. The molecule has 2 rings (SSSR count). The number of carbonyl (C=O) groups excluding carboxylic acids is 1. The topological polar surface area (TPSA) is 75.4 Å². The van der Waals surface area contributed by atoms with Crippen molar-refractivity contribution < 1.29 is 14.4 Å². The molecule has 0 spiro atoms. The molecule has 0 fully saturated rings. The molecule has 0 saturated heterocycles. The fraction of sp³-hybridized carbons (Fsp3) is 0.273. The molecule has 0 aliphatic rings. The van der Waals surface area contributed by atoms with Gasteiger partial charge in [0.1, 0.15) is 5.76 Å². The normalized spacial score (nSPS) is 12.4. The largest absolute Gasteiger partial charge is 0.387 e. The second-order valence-electron chi connectivity index (χ2n) is 3.61. The average molecular weight is 252 g/mol. The van der Waals surface area contributed by atoms with E-state index in [1.165, 1.54) is 11.3 Å². The number of thiophene rings is 1. The maximum absolute atomic E-state index is 11.6. The van der Waals surface area contributed by atoms with Gasteiger partial charge in [-0.15, -0.1) is 0 Å². The Bertz CT molecular complexity index is 493. The minimum Gasteiger partial charge on any atom is -0.387 e. The molecule has 1 amide bonds. The summed E-state index contributed by atoms with van der Waals surface area (Å²) in [6.45, 7) is 1.87. The third-order valence-electron chi connectivity index (χ3n) is 2.24. The maximum Gasteiger partial charge on any atom is 0.273 e. The SMILES string of the molecule is Cc1cc(C(=O)NC[C@@H](O)c2ccsc2)no1. The van der Waals surface area contributed by atoms with E-state index in [0.29, 0.717) is 5.76 Å². The van der Waals surface area contributed by atoms with Crippen LogP contribution in [0.2, 0.25) is 0 Å². The predicted octanol–water partition coefficient (Wildman–Crippen LogP) is 1.51. The van der Waals surface area contributed by atoms with Crippen LogP contribution in [0.5, 0.6) is 0 Å². The number of aromatic nitrogens is 1. The third-order valence-corrected chi connectivity index (χ3v) is 2.95. The van der Waals surface area contributed by atoms with Crippen LogP contribution in [-0.4, -0.2) is 22.7 Å². The molecule has 0 unspecified atom stereocenters. The molecule has 2 aromatic heterocycles. The molecule has 0 bridgehead atoms. The first-order valence-electron chi connectivity index (χ1n) is 5.08. The molecule has 2 N–H and O–H groups in total. The molecule has 0 aliphatic carbocycles. The molecule has 0 aliphatic heterocycles. The van der Waals surface area contributed by atoms with Gasteiger partial charge in [-0.25, -0.2) is 0 Å². The number of aliphatic hydroxyl groups is 1. The van der Waals surface area contributed by atoms with Crippen LogP contribution in [-0.2, 0) is 0 Å². The van der Waals surface area contributed by atoms with Crippen LogP contribution in [0.3, 0.4) is 0 Å². The number of aliphatic hydroxyl groups excluding tert-OH is 1. The Morgan fingerprint density at radius 3 is 3.12 bits per heavy atom. The van der Waals surface area contributed by atoms with Gasteiger partial charge in [-0.3, -0.25) is 4.79 Å². The van der Waals surface area contributed by atoms with Crippen molar-refractivity contribution in [2.75, 3.05) is 6.54 Å². The molecule has 2 heterocycles. The molecule has 0 saturated carbocycles. The van der Waals surface area contributed by atoms with Crippen molar-refractivity contribution in [3.63, 3.8) is 0 Å². The Balaban J connectivity index is 1.88. The summed E-state index contributed by atoms with van der Waals surface area (Å²) < 4.78 is 4.79. The molecule has 0 radical (unpaired) electrons. The molecule has 0 aromatic carbocycles. The van der Waals surface area contributed by atoms with Crippen molar-refractivity contribution in [3.8, 4) is 0 Å². The van der Waals surface area contributed by atoms with Crippen LogP contribution in [0, 0.1) is 6.92 Å². The zero-order chi connectivity index (χ0) is 12.3. The molecule has 17 heavy (non-hydrogen) atoms. The van der Waals surface area contributed by atoms with Gasteiger partial charge in [-0.1, -0.05) is 5.16 Å². The van der Waals surface area contributed by atoms with Gasteiger partial charge < -0.3 is 14.9 Å². The zero-order valence-electron chi connectivity index (χ0n) is 9.21. The number of nitrogens with one attached hydrogen (secondary N) is 1. The van der Waals surface area contributed by atoms with E-state index < -0.39 is 6.10 Å². The van der Waals surface area contributed by atoms with Crippen molar-refractivity contribution in [1.82, 2.24) is 10.5 Å². The standard InChI is InChI=1S/C11H12N2O3S/c1-7-4-9(13-16-7)11(15)12-5-10(14)8-2-3-17-6-8/h2-4,6,10,14H,5H2,1H3,(H,12,15)/t10-/m1/s1. The van der Waals surface area contributed by atoms with Crippen LogP contribution >= 0.6 is 11.3 Å². The van der Waals surface area contributed by atoms with E-state index in [1.54, 1.807) is 13.0 Å². The highest BCUT2D eigenvalue weighted by molar-refractivity contribution is 7.07. The van der Waals surface area contributed by atoms with E-state index in [1.807, 2.05) is 16.8 Å². The quantitative estimate of drug-likeness (QED) is 0.864. The van der Waals surface area contributed by atoms with Crippen LogP contribution < -0.4 is 5.32 Å². The lowest BCUT2D eigenvalue weighted by atomic mass is 10.2. The molecule has 5 nitrogen and oxygen atoms in total. The summed E-state index contributed by atoms with van der Waals surface area (Å²) in [4.78, 5) is 11.6. The molecule has 6 heteroatoms. The lowest BCUT2D eigenvalue weighted by molar-refractivity contribution is 0.0907. The summed E-state index contributed by atoms with van der Waals surface area (Å²) in [5, 5.41) is 19.7. The number of aryl methyl sites for hydroxylation is 1. The average Bonchev–Trinajstić information content (AvgIpc) is 2.95. The second kappa shape index (κ2) is 5.11. The highest BCUT2D eigenvalue weighted by Crippen LogP contribution is 2.15. The minimum atomic E-state index is -0.696. The van der Waals surface area contributed by atoms with Gasteiger partial charge in [0.05, 0.1) is 6.10 Å². The van der Waals surface area contributed by atoms with Gasteiger partial charge in [-0.05, 0) is 29.3 Å². The van der Waals surface area contributed by atoms with Crippen LogP contribution in [0.4, 0.5) is 0 Å². The smallest absolute Gasteiger partial charge is 0.273 e. The number of nitrogens with zero attached hydrogens (tertiary/aromatic N) is 1. The van der Waals surface area contributed by atoms with Crippen molar-refractivity contribution in [2.24, 2.45) is 0 Å². The highest BCUT2D eigenvalue weighted by Gasteiger charge is 2.13. The first-order valence-corrected chi connectivity index (χ1v) is 6.03. The number of amides is 1. The summed E-state index contributed by atoms with van der Waals surface area (Å²) in [6.07, 6.45) is -0.696. The monoisotopic (exact) mass is 252 g/mol. The number of carbonyl (C=O) groups is 1. The first kappa shape index (κ1) is 11.8. The van der Waals surface area contributed by atoms with Gasteiger partial charge in [0.15, 0.2) is 5.69 Å².